The minimum Gasteiger partial charge on any atom is -0.399 e. The van der Waals surface area contributed by atoms with Crippen LogP contribution in [0.4, 0.5) is 5.69 Å². The molecule has 0 spiro atoms. The second-order valence-electron chi connectivity index (χ2n) is 4.81. The fourth-order valence-corrected chi connectivity index (χ4v) is 2.23. The van der Waals surface area contributed by atoms with E-state index in [1.54, 1.807) is 24.4 Å². The van der Waals surface area contributed by atoms with Crippen molar-refractivity contribution in [1.29, 1.82) is 0 Å². The van der Waals surface area contributed by atoms with Crippen molar-refractivity contribution in [2.45, 2.75) is 13.5 Å². The van der Waals surface area contributed by atoms with Gasteiger partial charge in [0.1, 0.15) is 0 Å². The molecule has 0 bridgehead atoms. The second kappa shape index (κ2) is 4.45. The van der Waals surface area contributed by atoms with Crippen LogP contribution in [0, 0.1) is 6.92 Å². The Hall–Kier alpha value is -2.69. The van der Waals surface area contributed by atoms with Gasteiger partial charge in [0.05, 0.1) is 17.7 Å². The van der Waals surface area contributed by atoms with Gasteiger partial charge in [0.15, 0.2) is 0 Å². The fourth-order valence-electron chi connectivity index (χ4n) is 2.23. The van der Waals surface area contributed by atoms with Gasteiger partial charge >= 0.3 is 0 Å². The van der Waals surface area contributed by atoms with E-state index in [0.29, 0.717) is 16.8 Å². The largest absolute Gasteiger partial charge is 0.399 e. The smallest absolute Gasteiger partial charge is 0.261 e. The summed E-state index contributed by atoms with van der Waals surface area (Å²) < 4.78 is 0. The number of hydrogen-bond donors (Lipinski definition) is 1. The number of fused-ring (bicyclic) bond motifs is 1. The molecule has 100 valence electrons. The Labute approximate surface area is 116 Å². The van der Waals surface area contributed by atoms with Crippen molar-refractivity contribution in [3.05, 3.63) is 58.9 Å². The normalized spacial score (nSPS) is 13.8. The predicted molar refractivity (Wildman–Crippen MR) is 74.0 cm³/mol. The molecular formula is C15H13N3O2. The Morgan fingerprint density at radius 3 is 2.55 bits per heavy atom. The van der Waals surface area contributed by atoms with Crippen LogP contribution in [0.15, 0.2) is 36.5 Å². The van der Waals surface area contributed by atoms with E-state index in [1.807, 2.05) is 19.1 Å². The highest BCUT2D eigenvalue weighted by Gasteiger charge is 2.35. The minimum atomic E-state index is -0.308. The first-order chi connectivity index (χ1) is 9.56. The van der Waals surface area contributed by atoms with E-state index in [-0.39, 0.29) is 18.4 Å². The number of nitrogens with two attached hydrogens (primary N) is 1. The first kappa shape index (κ1) is 12.3. The molecule has 0 saturated carbocycles. The first-order valence-corrected chi connectivity index (χ1v) is 6.23. The number of carbonyl (C=O) groups excluding carboxylic acids is 2. The van der Waals surface area contributed by atoms with Crippen molar-refractivity contribution in [1.82, 2.24) is 9.88 Å². The summed E-state index contributed by atoms with van der Waals surface area (Å²) in [5.41, 5.74) is 8.62. The first-order valence-electron chi connectivity index (χ1n) is 6.23. The standard InChI is InChI=1S/C15H13N3O2/c1-9-2-3-10(7-17-9)8-18-14(19)12-5-4-11(16)6-13(12)15(18)20/h2-7H,8,16H2,1H3. The number of aryl methyl sites for hydroxylation is 1. The van der Waals surface area contributed by atoms with E-state index in [4.69, 9.17) is 5.73 Å². The lowest BCUT2D eigenvalue weighted by Gasteiger charge is -2.13. The Morgan fingerprint density at radius 2 is 1.85 bits per heavy atom. The number of nitrogen functional groups attached to an aromatic ring is 1. The van der Waals surface area contributed by atoms with Gasteiger partial charge in [0.25, 0.3) is 11.8 Å². The van der Waals surface area contributed by atoms with Gasteiger partial charge in [0.2, 0.25) is 0 Å². The summed E-state index contributed by atoms with van der Waals surface area (Å²) in [5.74, 6) is -0.594. The molecule has 2 amide bonds. The van der Waals surface area contributed by atoms with Gasteiger partial charge in [-0.05, 0) is 36.8 Å². The summed E-state index contributed by atoms with van der Waals surface area (Å²) in [6.07, 6.45) is 1.67. The van der Waals surface area contributed by atoms with E-state index >= 15 is 0 Å². The van der Waals surface area contributed by atoms with Gasteiger partial charge in [0, 0.05) is 17.6 Å². The van der Waals surface area contributed by atoms with Gasteiger partial charge in [-0.2, -0.15) is 0 Å². The quantitative estimate of drug-likeness (QED) is 0.664. The molecule has 0 unspecified atom stereocenters. The molecule has 3 rings (SSSR count). The zero-order chi connectivity index (χ0) is 14.3. The van der Waals surface area contributed by atoms with Crippen LogP contribution >= 0.6 is 0 Å². The van der Waals surface area contributed by atoms with Gasteiger partial charge < -0.3 is 5.73 Å². The number of amides is 2. The van der Waals surface area contributed by atoms with Crippen molar-refractivity contribution < 1.29 is 9.59 Å². The molecule has 1 aliphatic rings. The summed E-state index contributed by atoms with van der Waals surface area (Å²) in [4.78, 5) is 29.9. The second-order valence-corrected chi connectivity index (χ2v) is 4.81. The van der Waals surface area contributed by atoms with Crippen LogP contribution < -0.4 is 5.73 Å². The number of hydrogen-bond acceptors (Lipinski definition) is 4. The molecule has 0 radical (unpaired) electrons. The lowest BCUT2D eigenvalue weighted by molar-refractivity contribution is 0.0642. The molecule has 5 nitrogen and oxygen atoms in total. The highest BCUT2D eigenvalue weighted by atomic mass is 16.2. The summed E-state index contributed by atoms with van der Waals surface area (Å²) in [5, 5.41) is 0. The van der Waals surface area contributed by atoms with Crippen molar-refractivity contribution >= 4 is 17.5 Å². The highest BCUT2D eigenvalue weighted by Crippen LogP contribution is 2.26. The predicted octanol–water partition coefficient (Wildman–Crippen LogP) is 1.77. The van der Waals surface area contributed by atoms with Crippen molar-refractivity contribution in [3.63, 3.8) is 0 Å². The third kappa shape index (κ3) is 1.93. The van der Waals surface area contributed by atoms with Crippen LogP contribution in [0.1, 0.15) is 32.0 Å². The SMILES string of the molecule is Cc1ccc(CN2C(=O)c3ccc(N)cc3C2=O)cn1. The highest BCUT2D eigenvalue weighted by molar-refractivity contribution is 6.21. The topological polar surface area (TPSA) is 76.3 Å². The van der Waals surface area contributed by atoms with Gasteiger partial charge in [-0.15, -0.1) is 0 Å². The maximum absolute atomic E-state index is 12.3. The molecule has 2 aromatic rings. The molecule has 1 aliphatic heterocycles. The van der Waals surface area contributed by atoms with Crippen molar-refractivity contribution in [3.8, 4) is 0 Å². The summed E-state index contributed by atoms with van der Waals surface area (Å²) in [6.45, 7) is 2.11. The van der Waals surface area contributed by atoms with Crippen LogP contribution in [0.3, 0.4) is 0 Å². The van der Waals surface area contributed by atoms with Crippen LogP contribution in [0.25, 0.3) is 0 Å². The van der Waals surface area contributed by atoms with Gasteiger partial charge in [-0.1, -0.05) is 6.07 Å². The maximum Gasteiger partial charge on any atom is 0.261 e. The number of carbonyl (C=O) groups is 2. The van der Waals surface area contributed by atoms with Crippen LogP contribution in [-0.2, 0) is 6.54 Å². The lowest BCUT2D eigenvalue weighted by atomic mass is 10.1. The Bertz CT molecular complexity index is 708. The summed E-state index contributed by atoms with van der Waals surface area (Å²) in [7, 11) is 0. The van der Waals surface area contributed by atoms with E-state index < -0.39 is 0 Å². The van der Waals surface area contributed by atoms with Crippen LogP contribution in [0.5, 0.6) is 0 Å². The number of imide groups is 1. The third-order valence-electron chi connectivity index (χ3n) is 3.31. The molecular weight excluding hydrogens is 254 g/mol. The minimum absolute atomic E-state index is 0.222. The average Bonchev–Trinajstić information content (AvgIpc) is 2.66. The Kier molecular flexibility index (Phi) is 2.75. The molecule has 1 aromatic heterocycles. The number of benzene rings is 1. The molecule has 0 atom stereocenters. The molecule has 2 N–H and O–H groups in total. The maximum atomic E-state index is 12.3. The summed E-state index contributed by atoms with van der Waals surface area (Å²) >= 11 is 0. The number of nitrogens with zero attached hydrogens (tertiary/aromatic N) is 2. The monoisotopic (exact) mass is 267 g/mol. The molecule has 2 heterocycles. The van der Waals surface area contributed by atoms with Crippen molar-refractivity contribution in [2.75, 3.05) is 5.73 Å². The van der Waals surface area contributed by atoms with Crippen molar-refractivity contribution in [2.24, 2.45) is 0 Å². The third-order valence-corrected chi connectivity index (χ3v) is 3.31. The summed E-state index contributed by atoms with van der Waals surface area (Å²) in [6, 6.07) is 8.48. The molecule has 1 aromatic carbocycles. The Morgan fingerprint density at radius 1 is 1.10 bits per heavy atom. The zero-order valence-electron chi connectivity index (χ0n) is 11.0. The lowest BCUT2D eigenvalue weighted by Crippen LogP contribution is -2.29. The van der Waals surface area contributed by atoms with E-state index in [9.17, 15) is 9.59 Å². The Balaban J connectivity index is 1.91. The zero-order valence-corrected chi connectivity index (χ0v) is 11.0. The number of anilines is 1. The van der Waals surface area contributed by atoms with Gasteiger partial charge in [-0.25, -0.2) is 0 Å². The molecule has 20 heavy (non-hydrogen) atoms. The van der Waals surface area contributed by atoms with E-state index in [1.165, 1.54) is 4.90 Å². The molecule has 5 heteroatoms. The molecule has 0 saturated heterocycles. The molecule has 0 aliphatic carbocycles. The fraction of sp³-hybridized carbons (Fsp3) is 0.133. The van der Waals surface area contributed by atoms with Crippen LogP contribution in [0.2, 0.25) is 0 Å². The van der Waals surface area contributed by atoms with E-state index in [0.717, 1.165) is 11.3 Å². The van der Waals surface area contributed by atoms with Gasteiger partial charge in [-0.3, -0.25) is 19.5 Å². The van der Waals surface area contributed by atoms with Crippen LogP contribution in [-0.4, -0.2) is 21.7 Å². The number of aromatic nitrogens is 1. The average molecular weight is 267 g/mol. The molecule has 0 fully saturated rings. The number of pyridine rings is 1. The van der Waals surface area contributed by atoms with E-state index in [2.05, 4.69) is 4.98 Å². The number of rotatable bonds is 2.